The van der Waals surface area contributed by atoms with Gasteiger partial charge in [0.15, 0.2) is 5.89 Å². The maximum atomic E-state index is 13.1. The summed E-state index contributed by atoms with van der Waals surface area (Å²) in [6.07, 6.45) is 6.89. The van der Waals surface area contributed by atoms with Crippen LogP contribution in [0.3, 0.4) is 0 Å². The van der Waals surface area contributed by atoms with E-state index in [9.17, 15) is 4.79 Å². The van der Waals surface area contributed by atoms with E-state index in [1.54, 1.807) is 24.2 Å². The maximum absolute atomic E-state index is 13.1. The normalized spacial score (nSPS) is 13.5. The molecular weight excluding hydrogens is 376 g/mol. The molecule has 4 aromatic rings. The second-order valence-corrected chi connectivity index (χ2v) is 7.65. The molecule has 1 amide bonds. The lowest BCUT2D eigenvalue weighted by Gasteiger charge is -2.27. The van der Waals surface area contributed by atoms with Crippen molar-refractivity contribution in [3.63, 3.8) is 0 Å². The second kappa shape index (κ2) is 7.30. The molecule has 30 heavy (non-hydrogen) atoms. The molecule has 0 aliphatic carbocycles. The first kappa shape index (κ1) is 18.4. The van der Waals surface area contributed by atoms with Gasteiger partial charge in [-0.05, 0) is 66.3 Å². The highest BCUT2D eigenvalue weighted by atomic mass is 16.4. The summed E-state index contributed by atoms with van der Waals surface area (Å²) in [4.78, 5) is 19.0. The van der Waals surface area contributed by atoms with Crippen LogP contribution >= 0.6 is 0 Å². The summed E-state index contributed by atoms with van der Waals surface area (Å²) in [7, 11) is 0. The first-order chi connectivity index (χ1) is 14.6. The van der Waals surface area contributed by atoms with Crippen LogP contribution in [-0.2, 0) is 12.8 Å². The molecule has 2 aromatic heterocycles. The van der Waals surface area contributed by atoms with Gasteiger partial charge in [0.25, 0.3) is 5.91 Å². The second-order valence-electron chi connectivity index (χ2n) is 7.65. The van der Waals surface area contributed by atoms with Crippen LogP contribution in [0, 0.1) is 13.8 Å². The zero-order valence-electron chi connectivity index (χ0n) is 17.0. The van der Waals surface area contributed by atoms with Gasteiger partial charge in [0, 0.05) is 31.4 Å². The van der Waals surface area contributed by atoms with Crippen LogP contribution in [0.1, 0.15) is 38.5 Å². The number of nitrogens with zero attached hydrogens (tertiary/aromatic N) is 4. The van der Waals surface area contributed by atoms with Crippen LogP contribution in [0.2, 0.25) is 0 Å². The molecule has 0 bridgehead atoms. The number of hydrogen-bond donors (Lipinski definition) is 0. The average molecular weight is 398 g/mol. The van der Waals surface area contributed by atoms with Crippen LogP contribution in [0.15, 0.2) is 65.5 Å². The summed E-state index contributed by atoms with van der Waals surface area (Å²) >= 11 is 0. The Hall–Kier alpha value is -3.67. The van der Waals surface area contributed by atoms with Crippen molar-refractivity contribution in [1.29, 1.82) is 0 Å². The highest BCUT2D eigenvalue weighted by Gasteiger charge is 2.28. The van der Waals surface area contributed by atoms with Gasteiger partial charge in [-0.25, -0.2) is 9.67 Å². The van der Waals surface area contributed by atoms with E-state index in [4.69, 9.17) is 4.42 Å². The minimum atomic E-state index is -0.0253. The van der Waals surface area contributed by atoms with Crippen molar-refractivity contribution in [2.75, 3.05) is 11.4 Å². The largest absolute Gasteiger partial charge is 0.425 e. The predicted molar refractivity (Wildman–Crippen MR) is 114 cm³/mol. The first-order valence-corrected chi connectivity index (χ1v) is 10.0. The highest BCUT2D eigenvalue weighted by molar-refractivity contribution is 6.07. The van der Waals surface area contributed by atoms with E-state index in [1.807, 2.05) is 23.0 Å². The van der Waals surface area contributed by atoms with Crippen molar-refractivity contribution < 1.29 is 9.21 Å². The van der Waals surface area contributed by atoms with Gasteiger partial charge in [0.1, 0.15) is 0 Å². The van der Waals surface area contributed by atoms with Crippen molar-refractivity contribution in [1.82, 2.24) is 14.8 Å². The molecule has 0 radical (unpaired) electrons. The van der Waals surface area contributed by atoms with Gasteiger partial charge in [0.2, 0.25) is 5.88 Å². The molecule has 5 rings (SSSR count). The molecular formula is C24H22N4O2. The molecule has 6 heteroatoms. The Kier molecular flexibility index (Phi) is 4.47. The third-order valence-electron chi connectivity index (χ3n) is 5.62. The Bertz CT molecular complexity index is 1210. The molecule has 3 heterocycles. The molecule has 2 aromatic carbocycles. The zero-order valence-corrected chi connectivity index (χ0v) is 17.0. The molecule has 0 fully saturated rings. The van der Waals surface area contributed by atoms with Crippen molar-refractivity contribution in [2.45, 2.75) is 26.7 Å². The summed E-state index contributed by atoms with van der Waals surface area (Å²) in [5, 5.41) is 4.27. The fraction of sp³-hybridized carbons (Fsp3) is 0.208. The van der Waals surface area contributed by atoms with E-state index < -0.39 is 0 Å². The topological polar surface area (TPSA) is 64.2 Å². The quantitative estimate of drug-likeness (QED) is 0.515. The Morgan fingerprint density at radius 3 is 2.67 bits per heavy atom. The van der Waals surface area contributed by atoms with Crippen molar-refractivity contribution in [3.05, 3.63) is 94.8 Å². The number of aryl methyl sites for hydroxylation is 2. The van der Waals surface area contributed by atoms with Crippen LogP contribution in [0.5, 0.6) is 0 Å². The molecule has 0 spiro atoms. The third-order valence-corrected chi connectivity index (χ3v) is 5.62. The summed E-state index contributed by atoms with van der Waals surface area (Å²) in [6.45, 7) is 4.50. The molecule has 0 saturated carbocycles. The van der Waals surface area contributed by atoms with Crippen molar-refractivity contribution in [3.8, 4) is 5.69 Å². The smallest absolute Gasteiger partial charge is 0.260 e. The Labute approximate surface area is 174 Å². The number of hydrogen-bond acceptors (Lipinski definition) is 4. The number of benzene rings is 2. The predicted octanol–water partition coefficient (Wildman–Crippen LogP) is 4.27. The fourth-order valence-electron chi connectivity index (χ4n) is 3.98. The first-order valence-electron chi connectivity index (χ1n) is 10.0. The summed E-state index contributed by atoms with van der Waals surface area (Å²) in [6, 6.07) is 14.5. The van der Waals surface area contributed by atoms with Crippen LogP contribution in [0.4, 0.5) is 5.88 Å². The SMILES string of the molecule is Cc1ncc(N2CCc3cc(C)c(Cc4ccc(-n5cccn5)cc4)cc3C2=O)o1. The minimum absolute atomic E-state index is 0.0253. The number of rotatable bonds is 4. The minimum Gasteiger partial charge on any atom is -0.425 e. The molecule has 1 aliphatic heterocycles. The number of carbonyl (C=O) groups excluding carboxylic acids is 1. The Morgan fingerprint density at radius 2 is 1.97 bits per heavy atom. The van der Waals surface area contributed by atoms with E-state index in [0.29, 0.717) is 18.3 Å². The van der Waals surface area contributed by atoms with Gasteiger partial charge in [-0.1, -0.05) is 18.2 Å². The summed E-state index contributed by atoms with van der Waals surface area (Å²) in [5.74, 6) is 1.05. The monoisotopic (exact) mass is 398 g/mol. The van der Waals surface area contributed by atoms with Crippen LogP contribution in [-0.4, -0.2) is 27.2 Å². The number of amides is 1. The van der Waals surface area contributed by atoms with Gasteiger partial charge in [-0.15, -0.1) is 0 Å². The molecule has 6 nitrogen and oxygen atoms in total. The third kappa shape index (κ3) is 3.30. The van der Waals surface area contributed by atoms with Crippen molar-refractivity contribution in [2.24, 2.45) is 0 Å². The zero-order chi connectivity index (χ0) is 20.7. The van der Waals surface area contributed by atoms with Gasteiger partial charge in [-0.2, -0.15) is 5.10 Å². The lowest BCUT2D eigenvalue weighted by molar-refractivity contribution is 0.0976. The highest BCUT2D eigenvalue weighted by Crippen LogP contribution is 2.28. The molecule has 0 atom stereocenters. The van der Waals surface area contributed by atoms with Crippen LogP contribution in [0.25, 0.3) is 5.69 Å². The van der Waals surface area contributed by atoms with Gasteiger partial charge in [-0.3, -0.25) is 9.69 Å². The van der Waals surface area contributed by atoms with Gasteiger partial charge >= 0.3 is 0 Å². The summed E-state index contributed by atoms with van der Waals surface area (Å²) in [5.41, 5.74) is 6.44. The molecule has 0 unspecified atom stereocenters. The molecule has 150 valence electrons. The van der Waals surface area contributed by atoms with E-state index in [0.717, 1.165) is 35.2 Å². The van der Waals surface area contributed by atoms with Gasteiger partial charge in [0.05, 0.1) is 11.9 Å². The van der Waals surface area contributed by atoms with E-state index >= 15 is 0 Å². The molecule has 0 saturated heterocycles. The lowest BCUT2D eigenvalue weighted by atomic mass is 9.91. The van der Waals surface area contributed by atoms with Crippen molar-refractivity contribution >= 4 is 11.8 Å². The molecule has 1 aliphatic rings. The summed E-state index contributed by atoms with van der Waals surface area (Å²) < 4.78 is 7.43. The fourth-order valence-corrected chi connectivity index (χ4v) is 3.98. The maximum Gasteiger partial charge on any atom is 0.260 e. The average Bonchev–Trinajstić information content (AvgIpc) is 3.42. The molecule has 0 N–H and O–H groups in total. The number of fused-ring (bicyclic) bond motifs is 1. The van der Waals surface area contributed by atoms with E-state index in [1.165, 1.54) is 11.1 Å². The standard InChI is InChI=1S/C24H22N4O2/c1-16-12-19-8-11-27(23-15-25-17(2)30-23)24(29)22(19)14-20(16)13-18-4-6-21(7-5-18)28-10-3-9-26-28/h3-7,9-10,12,14-15H,8,11,13H2,1-2H3. The Morgan fingerprint density at radius 1 is 1.13 bits per heavy atom. The Balaban J connectivity index is 1.42. The van der Waals surface area contributed by atoms with Gasteiger partial charge < -0.3 is 4.42 Å². The lowest BCUT2D eigenvalue weighted by Crippen LogP contribution is -2.37. The van der Waals surface area contributed by atoms with Crippen LogP contribution < -0.4 is 4.90 Å². The van der Waals surface area contributed by atoms with E-state index in [-0.39, 0.29) is 5.91 Å². The number of anilines is 1. The van der Waals surface area contributed by atoms with E-state index in [2.05, 4.69) is 47.3 Å². The number of carbonyl (C=O) groups is 1. The number of aromatic nitrogens is 3. The number of oxazole rings is 1.